The van der Waals surface area contributed by atoms with Crippen molar-refractivity contribution < 1.29 is 9.18 Å². The van der Waals surface area contributed by atoms with Crippen molar-refractivity contribution in [3.8, 4) is 0 Å². The van der Waals surface area contributed by atoms with Gasteiger partial charge in [0.05, 0.1) is 0 Å². The Morgan fingerprint density at radius 2 is 1.76 bits per heavy atom. The standard InChI is InChI=1S/C20H26FN3O/c1-3-24(2)15-18-8-4-7-17(12-18)14-23-20(25)22-11-10-16-6-5-9-19(21)13-16/h4-9,12-13H,3,10-11,14-15H2,1-2H3,(H2,22,23,25). The topological polar surface area (TPSA) is 44.4 Å². The van der Waals surface area contributed by atoms with Gasteiger partial charge in [0.1, 0.15) is 5.82 Å². The highest BCUT2D eigenvalue weighted by Crippen LogP contribution is 2.07. The minimum Gasteiger partial charge on any atom is -0.338 e. The molecule has 0 aliphatic heterocycles. The average Bonchev–Trinajstić information content (AvgIpc) is 2.60. The summed E-state index contributed by atoms with van der Waals surface area (Å²) in [6.45, 7) is 4.96. The number of nitrogens with zero attached hydrogens (tertiary/aromatic N) is 1. The number of halogens is 1. The molecular formula is C20H26FN3O. The van der Waals surface area contributed by atoms with E-state index in [1.807, 2.05) is 18.2 Å². The zero-order chi connectivity index (χ0) is 18.1. The fourth-order valence-electron chi connectivity index (χ4n) is 2.52. The number of rotatable bonds is 8. The van der Waals surface area contributed by atoms with Gasteiger partial charge in [-0.05, 0) is 48.8 Å². The van der Waals surface area contributed by atoms with E-state index in [1.165, 1.54) is 17.7 Å². The molecule has 0 fully saturated rings. The van der Waals surface area contributed by atoms with Gasteiger partial charge in [0.15, 0.2) is 0 Å². The fraction of sp³-hybridized carbons (Fsp3) is 0.350. The third-order valence-corrected chi connectivity index (χ3v) is 4.03. The van der Waals surface area contributed by atoms with Gasteiger partial charge in [-0.3, -0.25) is 0 Å². The molecule has 0 unspecified atom stereocenters. The first kappa shape index (κ1) is 18.9. The van der Waals surface area contributed by atoms with Crippen LogP contribution in [0.2, 0.25) is 0 Å². The minimum absolute atomic E-state index is 0.215. The number of urea groups is 1. The van der Waals surface area contributed by atoms with Crippen molar-refractivity contribution >= 4 is 6.03 Å². The molecule has 0 heterocycles. The van der Waals surface area contributed by atoms with Crippen molar-refractivity contribution in [2.75, 3.05) is 20.1 Å². The summed E-state index contributed by atoms with van der Waals surface area (Å²) in [5, 5.41) is 5.65. The Morgan fingerprint density at radius 1 is 1.04 bits per heavy atom. The van der Waals surface area contributed by atoms with Crippen LogP contribution in [0.3, 0.4) is 0 Å². The van der Waals surface area contributed by atoms with E-state index in [0.717, 1.165) is 24.2 Å². The number of hydrogen-bond acceptors (Lipinski definition) is 2. The number of amides is 2. The summed E-state index contributed by atoms with van der Waals surface area (Å²) in [5.41, 5.74) is 3.17. The van der Waals surface area contributed by atoms with Crippen molar-refractivity contribution in [3.63, 3.8) is 0 Å². The molecule has 5 heteroatoms. The molecule has 0 aliphatic rings. The van der Waals surface area contributed by atoms with Crippen LogP contribution in [0, 0.1) is 5.82 Å². The molecule has 0 aromatic heterocycles. The summed E-state index contributed by atoms with van der Waals surface area (Å²) in [6, 6.07) is 14.4. The second kappa shape index (κ2) is 9.79. The lowest BCUT2D eigenvalue weighted by molar-refractivity contribution is 0.240. The fourth-order valence-corrected chi connectivity index (χ4v) is 2.52. The maximum Gasteiger partial charge on any atom is 0.315 e. The third kappa shape index (κ3) is 6.93. The van der Waals surface area contributed by atoms with Gasteiger partial charge in [-0.2, -0.15) is 0 Å². The summed E-state index contributed by atoms with van der Waals surface area (Å²) in [4.78, 5) is 14.1. The van der Waals surface area contributed by atoms with Gasteiger partial charge in [-0.1, -0.05) is 43.3 Å². The highest BCUT2D eigenvalue weighted by molar-refractivity contribution is 5.73. The molecule has 2 amide bonds. The lowest BCUT2D eigenvalue weighted by atomic mass is 10.1. The molecule has 0 atom stereocenters. The highest BCUT2D eigenvalue weighted by Gasteiger charge is 2.03. The second-order valence-corrected chi connectivity index (χ2v) is 6.14. The van der Waals surface area contributed by atoms with Gasteiger partial charge in [0.2, 0.25) is 0 Å². The third-order valence-electron chi connectivity index (χ3n) is 4.03. The first-order valence-corrected chi connectivity index (χ1v) is 8.59. The van der Waals surface area contributed by atoms with E-state index in [-0.39, 0.29) is 11.8 Å². The zero-order valence-corrected chi connectivity index (χ0v) is 14.9. The number of carbonyl (C=O) groups is 1. The van der Waals surface area contributed by atoms with Crippen molar-refractivity contribution in [2.45, 2.75) is 26.4 Å². The first-order valence-electron chi connectivity index (χ1n) is 8.59. The average molecular weight is 343 g/mol. The van der Waals surface area contributed by atoms with Crippen LogP contribution in [0.5, 0.6) is 0 Å². The molecule has 2 aromatic rings. The smallest absolute Gasteiger partial charge is 0.315 e. The van der Waals surface area contributed by atoms with Gasteiger partial charge in [0, 0.05) is 19.6 Å². The number of carbonyl (C=O) groups excluding carboxylic acids is 1. The molecule has 0 saturated heterocycles. The maximum absolute atomic E-state index is 13.1. The normalized spacial score (nSPS) is 10.7. The van der Waals surface area contributed by atoms with E-state index in [4.69, 9.17) is 0 Å². The molecule has 4 nitrogen and oxygen atoms in total. The predicted molar refractivity (Wildman–Crippen MR) is 98.8 cm³/mol. The Balaban J connectivity index is 1.73. The Morgan fingerprint density at radius 3 is 2.52 bits per heavy atom. The number of benzene rings is 2. The lowest BCUT2D eigenvalue weighted by Crippen LogP contribution is -2.36. The molecule has 0 saturated carbocycles. The summed E-state index contributed by atoms with van der Waals surface area (Å²) in [6.07, 6.45) is 0.601. The van der Waals surface area contributed by atoms with Crippen molar-refractivity contribution in [3.05, 3.63) is 71.0 Å². The van der Waals surface area contributed by atoms with Crippen molar-refractivity contribution in [2.24, 2.45) is 0 Å². The molecule has 2 aromatic carbocycles. The van der Waals surface area contributed by atoms with Crippen LogP contribution < -0.4 is 10.6 Å². The molecule has 134 valence electrons. The van der Waals surface area contributed by atoms with E-state index in [1.54, 1.807) is 6.07 Å². The Hall–Kier alpha value is -2.40. The van der Waals surface area contributed by atoms with Crippen LogP contribution in [0.4, 0.5) is 9.18 Å². The SMILES string of the molecule is CCN(C)Cc1cccc(CNC(=O)NCCc2cccc(F)c2)c1. The largest absolute Gasteiger partial charge is 0.338 e. The molecule has 25 heavy (non-hydrogen) atoms. The second-order valence-electron chi connectivity index (χ2n) is 6.14. The van der Waals surface area contributed by atoms with E-state index < -0.39 is 0 Å². The first-order chi connectivity index (χ1) is 12.1. The van der Waals surface area contributed by atoms with Crippen LogP contribution in [0.25, 0.3) is 0 Å². The van der Waals surface area contributed by atoms with Crippen molar-refractivity contribution in [1.82, 2.24) is 15.5 Å². The summed E-state index contributed by atoms with van der Waals surface area (Å²) in [7, 11) is 2.08. The van der Waals surface area contributed by atoms with Gasteiger partial charge in [0.25, 0.3) is 0 Å². The van der Waals surface area contributed by atoms with E-state index in [2.05, 4.69) is 41.6 Å². The van der Waals surface area contributed by atoms with Crippen LogP contribution in [-0.4, -0.2) is 31.1 Å². The van der Waals surface area contributed by atoms with Gasteiger partial charge < -0.3 is 15.5 Å². The molecule has 0 aliphatic carbocycles. The predicted octanol–water partition coefficient (Wildman–Crippen LogP) is 3.32. The molecular weight excluding hydrogens is 317 g/mol. The monoisotopic (exact) mass is 343 g/mol. The van der Waals surface area contributed by atoms with Gasteiger partial charge in [-0.15, -0.1) is 0 Å². The van der Waals surface area contributed by atoms with E-state index in [9.17, 15) is 9.18 Å². The summed E-state index contributed by atoms with van der Waals surface area (Å²) < 4.78 is 13.1. The molecule has 0 bridgehead atoms. The number of nitrogens with one attached hydrogen (secondary N) is 2. The van der Waals surface area contributed by atoms with Crippen molar-refractivity contribution in [1.29, 1.82) is 0 Å². The van der Waals surface area contributed by atoms with Gasteiger partial charge in [-0.25, -0.2) is 9.18 Å². The summed E-state index contributed by atoms with van der Waals surface area (Å²) >= 11 is 0. The minimum atomic E-state index is -0.254. The van der Waals surface area contributed by atoms with Crippen LogP contribution in [0.1, 0.15) is 23.6 Å². The van der Waals surface area contributed by atoms with Crippen LogP contribution in [-0.2, 0) is 19.5 Å². The zero-order valence-electron chi connectivity index (χ0n) is 14.9. The van der Waals surface area contributed by atoms with Crippen LogP contribution >= 0.6 is 0 Å². The van der Waals surface area contributed by atoms with E-state index in [0.29, 0.717) is 19.5 Å². The summed E-state index contributed by atoms with van der Waals surface area (Å²) in [5.74, 6) is -0.254. The lowest BCUT2D eigenvalue weighted by Gasteiger charge is -2.14. The molecule has 0 radical (unpaired) electrons. The Kier molecular flexibility index (Phi) is 7.41. The highest BCUT2D eigenvalue weighted by atomic mass is 19.1. The van der Waals surface area contributed by atoms with Crippen LogP contribution in [0.15, 0.2) is 48.5 Å². The quantitative estimate of drug-likeness (QED) is 0.772. The Labute approximate surface area is 149 Å². The Bertz CT molecular complexity index is 690. The number of hydrogen-bond donors (Lipinski definition) is 2. The molecule has 0 spiro atoms. The van der Waals surface area contributed by atoms with Gasteiger partial charge >= 0.3 is 6.03 Å². The molecule has 2 N–H and O–H groups in total. The van der Waals surface area contributed by atoms with E-state index >= 15 is 0 Å². The maximum atomic E-state index is 13.1. The molecule has 2 rings (SSSR count).